The van der Waals surface area contributed by atoms with Gasteiger partial charge in [0.1, 0.15) is 5.56 Å². The first-order valence-corrected chi connectivity index (χ1v) is 7.67. The molecule has 2 aromatic carbocycles. The fourth-order valence-electron chi connectivity index (χ4n) is 2.51. The van der Waals surface area contributed by atoms with Gasteiger partial charge in [0.25, 0.3) is 11.6 Å². The first-order valence-electron chi connectivity index (χ1n) is 7.67. The number of hydrogen-bond donors (Lipinski definition) is 2. The van der Waals surface area contributed by atoms with Crippen molar-refractivity contribution in [3.63, 3.8) is 0 Å². The standard InChI is InChI=1S/C18H20N2O4/c1-12-7-6-10-15(20(23)24)17(12)18(22)19-13(2)16(21)11-14-8-4-3-5-9-14/h3-10,13,16,21H,11H2,1-2H3,(H,19,22). The molecule has 1 amide bonds. The van der Waals surface area contributed by atoms with Gasteiger partial charge >= 0.3 is 0 Å². The summed E-state index contributed by atoms with van der Waals surface area (Å²) in [4.78, 5) is 23.0. The van der Waals surface area contributed by atoms with E-state index in [1.807, 2.05) is 30.3 Å². The molecule has 0 aromatic heterocycles. The van der Waals surface area contributed by atoms with Crippen molar-refractivity contribution in [1.82, 2.24) is 5.32 Å². The van der Waals surface area contributed by atoms with Gasteiger partial charge in [-0.15, -0.1) is 0 Å². The Bertz CT molecular complexity index is 731. The number of rotatable bonds is 6. The van der Waals surface area contributed by atoms with E-state index < -0.39 is 23.0 Å². The molecule has 2 atom stereocenters. The van der Waals surface area contributed by atoms with E-state index >= 15 is 0 Å². The maximum absolute atomic E-state index is 12.4. The highest BCUT2D eigenvalue weighted by Gasteiger charge is 2.25. The monoisotopic (exact) mass is 328 g/mol. The van der Waals surface area contributed by atoms with Crippen molar-refractivity contribution in [2.24, 2.45) is 0 Å². The molecule has 2 rings (SSSR count). The molecule has 6 nitrogen and oxygen atoms in total. The number of aliphatic hydroxyl groups is 1. The third-order valence-electron chi connectivity index (χ3n) is 3.90. The van der Waals surface area contributed by atoms with Gasteiger partial charge in [0, 0.05) is 12.5 Å². The van der Waals surface area contributed by atoms with Gasteiger partial charge in [-0.05, 0) is 25.0 Å². The van der Waals surface area contributed by atoms with Gasteiger partial charge in [-0.2, -0.15) is 0 Å². The van der Waals surface area contributed by atoms with Gasteiger partial charge in [0.15, 0.2) is 0 Å². The van der Waals surface area contributed by atoms with Crippen LogP contribution in [0.3, 0.4) is 0 Å². The molecule has 0 fully saturated rings. The number of nitro groups is 1. The van der Waals surface area contributed by atoms with Gasteiger partial charge in [0.05, 0.1) is 17.1 Å². The molecule has 2 aromatic rings. The maximum atomic E-state index is 12.4. The predicted molar refractivity (Wildman–Crippen MR) is 90.9 cm³/mol. The molecular formula is C18H20N2O4. The second-order valence-corrected chi connectivity index (χ2v) is 5.75. The highest BCUT2D eigenvalue weighted by atomic mass is 16.6. The number of benzene rings is 2. The minimum Gasteiger partial charge on any atom is -0.391 e. The van der Waals surface area contributed by atoms with E-state index in [0.717, 1.165) is 5.56 Å². The van der Waals surface area contributed by atoms with E-state index in [1.165, 1.54) is 12.1 Å². The van der Waals surface area contributed by atoms with Crippen LogP contribution in [-0.2, 0) is 6.42 Å². The zero-order valence-electron chi connectivity index (χ0n) is 13.6. The molecule has 2 unspecified atom stereocenters. The Morgan fingerprint density at radius 2 is 1.88 bits per heavy atom. The number of nitrogens with zero attached hydrogens (tertiary/aromatic N) is 1. The Labute approximate surface area is 140 Å². The number of carbonyl (C=O) groups excluding carboxylic acids is 1. The lowest BCUT2D eigenvalue weighted by Crippen LogP contribution is -2.42. The highest BCUT2D eigenvalue weighted by Crippen LogP contribution is 2.22. The quantitative estimate of drug-likeness (QED) is 0.630. The summed E-state index contributed by atoms with van der Waals surface area (Å²) in [7, 11) is 0. The third-order valence-corrected chi connectivity index (χ3v) is 3.90. The van der Waals surface area contributed by atoms with Crippen LogP contribution in [-0.4, -0.2) is 28.1 Å². The van der Waals surface area contributed by atoms with Crippen LogP contribution in [0.1, 0.15) is 28.4 Å². The molecule has 0 aliphatic carbocycles. The Hall–Kier alpha value is -2.73. The normalized spacial score (nSPS) is 13.1. The molecule has 0 spiro atoms. The fraction of sp³-hybridized carbons (Fsp3) is 0.278. The van der Waals surface area contributed by atoms with Crippen LogP contribution in [0.2, 0.25) is 0 Å². The zero-order valence-corrected chi connectivity index (χ0v) is 13.6. The minimum atomic E-state index is -0.792. The maximum Gasteiger partial charge on any atom is 0.282 e. The molecule has 0 aliphatic rings. The fourth-order valence-corrected chi connectivity index (χ4v) is 2.51. The van der Waals surface area contributed by atoms with Gasteiger partial charge < -0.3 is 10.4 Å². The lowest BCUT2D eigenvalue weighted by molar-refractivity contribution is -0.385. The number of hydrogen-bond acceptors (Lipinski definition) is 4. The summed E-state index contributed by atoms with van der Waals surface area (Å²) in [5, 5.41) is 24.0. The van der Waals surface area contributed by atoms with Gasteiger partial charge in [-0.3, -0.25) is 14.9 Å². The number of carbonyl (C=O) groups is 1. The van der Waals surface area contributed by atoms with E-state index in [4.69, 9.17) is 0 Å². The SMILES string of the molecule is Cc1cccc([N+](=O)[O-])c1C(=O)NC(C)C(O)Cc1ccccc1. The molecule has 0 radical (unpaired) electrons. The highest BCUT2D eigenvalue weighted by molar-refractivity contribution is 5.99. The summed E-state index contributed by atoms with van der Waals surface area (Å²) < 4.78 is 0. The average molecular weight is 328 g/mol. The van der Waals surface area contributed by atoms with Gasteiger partial charge in [-0.1, -0.05) is 42.5 Å². The topological polar surface area (TPSA) is 92.5 Å². The summed E-state index contributed by atoms with van der Waals surface area (Å²) in [6, 6.07) is 13.4. The number of amides is 1. The van der Waals surface area contributed by atoms with Crippen molar-refractivity contribution >= 4 is 11.6 Å². The van der Waals surface area contributed by atoms with Crippen molar-refractivity contribution in [3.8, 4) is 0 Å². The molecule has 0 bridgehead atoms. The van der Waals surface area contributed by atoms with Gasteiger partial charge in [-0.25, -0.2) is 0 Å². The van der Waals surface area contributed by atoms with Crippen LogP contribution in [0.4, 0.5) is 5.69 Å². The summed E-state index contributed by atoms with van der Waals surface area (Å²) in [5.74, 6) is -0.556. The first-order chi connectivity index (χ1) is 11.4. The summed E-state index contributed by atoms with van der Waals surface area (Å²) in [6.07, 6.45) is -0.405. The Kier molecular flexibility index (Phi) is 5.65. The molecule has 0 saturated heterocycles. The number of aliphatic hydroxyl groups excluding tert-OH is 1. The van der Waals surface area contributed by atoms with Crippen molar-refractivity contribution in [2.45, 2.75) is 32.4 Å². The van der Waals surface area contributed by atoms with E-state index in [1.54, 1.807) is 19.9 Å². The van der Waals surface area contributed by atoms with Crippen molar-refractivity contribution in [2.75, 3.05) is 0 Å². The molecular weight excluding hydrogens is 308 g/mol. The third kappa shape index (κ3) is 4.17. The van der Waals surface area contributed by atoms with E-state index in [0.29, 0.717) is 12.0 Å². The molecule has 0 aliphatic heterocycles. The Balaban J connectivity index is 2.10. The predicted octanol–water partition coefficient (Wildman–Crippen LogP) is 2.63. The molecule has 6 heteroatoms. The smallest absolute Gasteiger partial charge is 0.282 e. The number of nitrogens with one attached hydrogen (secondary N) is 1. The minimum absolute atomic E-state index is 0.0289. The summed E-state index contributed by atoms with van der Waals surface area (Å²) >= 11 is 0. The number of aryl methyl sites for hydroxylation is 1. The second kappa shape index (κ2) is 7.70. The van der Waals surface area contributed by atoms with Crippen molar-refractivity contribution in [1.29, 1.82) is 0 Å². The van der Waals surface area contributed by atoms with E-state index in [-0.39, 0.29) is 11.3 Å². The zero-order chi connectivity index (χ0) is 17.7. The molecule has 126 valence electrons. The van der Waals surface area contributed by atoms with Crippen LogP contribution in [0, 0.1) is 17.0 Å². The van der Waals surface area contributed by atoms with Crippen LogP contribution in [0.5, 0.6) is 0 Å². The van der Waals surface area contributed by atoms with Crippen LogP contribution < -0.4 is 5.32 Å². The average Bonchev–Trinajstić information content (AvgIpc) is 2.55. The van der Waals surface area contributed by atoms with Crippen molar-refractivity contribution < 1.29 is 14.8 Å². The summed E-state index contributed by atoms with van der Waals surface area (Å²) in [5.41, 5.74) is 1.26. The summed E-state index contributed by atoms with van der Waals surface area (Å²) in [6.45, 7) is 3.32. The molecule has 24 heavy (non-hydrogen) atoms. The van der Waals surface area contributed by atoms with Crippen LogP contribution >= 0.6 is 0 Å². The Morgan fingerprint density at radius 1 is 1.21 bits per heavy atom. The molecule has 0 saturated carbocycles. The largest absolute Gasteiger partial charge is 0.391 e. The van der Waals surface area contributed by atoms with Crippen LogP contribution in [0.25, 0.3) is 0 Å². The lowest BCUT2D eigenvalue weighted by Gasteiger charge is -2.21. The number of nitro benzene ring substituents is 1. The Morgan fingerprint density at radius 3 is 2.50 bits per heavy atom. The van der Waals surface area contributed by atoms with E-state index in [9.17, 15) is 20.0 Å². The van der Waals surface area contributed by atoms with Crippen LogP contribution in [0.15, 0.2) is 48.5 Å². The second-order valence-electron chi connectivity index (χ2n) is 5.75. The first kappa shape index (κ1) is 17.6. The van der Waals surface area contributed by atoms with Crippen molar-refractivity contribution in [3.05, 3.63) is 75.3 Å². The molecule has 2 N–H and O–H groups in total. The van der Waals surface area contributed by atoms with E-state index in [2.05, 4.69) is 5.32 Å². The lowest BCUT2D eigenvalue weighted by atomic mass is 10.0. The molecule has 0 heterocycles. The van der Waals surface area contributed by atoms with Gasteiger partial charge in [0.2, 0.25) is 0 Å².